The summed E-state index contributed by atoms with van der Waals surface area (Å²) in [6.45, 7) is 6.33. The Hall–Kier alpha value is -4.54. The number of hydrogen-bond acceptors (Lipinski definition) is 6. The van der Waals surface area contributed by atoms with Gasteiger partial charge in [0.2, 0.25) is 5.95 Å². The second-order valence-electron chi connectivity index (χ2n) is 10.4. The van der Waals surface area contributed by atoms with E-state index in [0.29, 0.717) is 35.9 Å². The van der Waals surface area contributed by atoms with Crippen LogP contribution in [0.1, 0.15) is 36.7 Å². The lowest BCUT2D eigenvalue weighted by Crippen LogP contribution is -2.61. The maximum Gasteiger partial charge on any atom is 0.410 e. The molecule has 2 amide bonds. The zero-order valence-corrected chi connectivity index (χ0v) is 21.7. The molecule has 1 aliphatic heterocycles. The minimum Gasteiger partial charge on any atom is -0.444 e. The van der Waals surface area contributed by atoms with E-state index >= 15 is 0 Å². The zero-order valence-electron chi connectivity index (χ0n) is 21.7. The van der Waals surface area contributed by atoms with Crippen LogP contribution < -0.4 is 10.6 Å². The SMILES string of the molecule is CC(C)(C)OC(=O)N1CC(NC(=O)c2ccc(Nc3ncc4ccn(Cc5cc(F)ccc5F)c4n3)cc2)C1. The van der Waals surface area contributed by atoms with Gasteiger partial charge in [0.15, 0.2) is 0 Å². The third kappa shape index (κ3) is 6.14. The molecule has 39 heavy (non-hydrogen) atoms. The van der Waals surface area contributed by atoms with Crippen molar-refractivity contribution in [3.63, 3.8) is 0 Å². The molecule has 2 N–H and O–H groups in total. The third-order valence-corrected chi connectivity index (χ3v) is 6.12. The van der Waals surface area contributed by atoms with Gasteiger partial charge in [0, 0.05) is 47.7 Å². The van der Waals surface area contributed by atoms with E-state index < -0.39 is 23.3 Å². The highest BCUT2D eigenvalue weighted by Crippen LogP contribution is 2.21. The molecule has 2 aromatic carbocycles. The van der Waals surface area contributed by atoms with Gasteiger partial charge in [0.1, 0.15) is 22.9 Å². The van der Waals surface area contributed by atoms with E-state index in [1.165, 1.54) is 6.07 Å². The fourth-order valence-electron chi connectivity index (χ4n) is 4.15. The molecule has 0 bridgehead atoms. The zero-order chi connectivity index (χ0) is 27.7. The highest BCUT2D eigenvalue weighted by molar-refractivity contribution is 5.95. The summed E-state index contributed by atoms with van der Waals surface area (Å²) in [5, 5.41) is 6.77. The molecular weight excluding hydrogens is 506 g/mol. The normalized spacial score (nSPS) is 13.7. The van der Waals surface area contributed by atoms with Crippen LogP contribution in [0.3, 0.4) is 0 Å². The number of amides is 2. The Morgan fingerprint density at radius 2 is 1.82 bits per heavy atom. The van der Waals surface area contributed by atoms with E-state index in [-0.39, 0.29) is 24.1 Å². The summed E-state index contributed by atoms with van der Waals surface area (Å²) in [4.78, 5) is 35.1. The van der Waals surface area contributed by atoms with E-state index in [2.05, 4.69) is 20.6 Å². The standard InChI is InChI=1S/C28H28F2N6O3/c1-28(2,3)39-27(38)36-15-22(16-36)32-25(37)17-4-7-21(8-5-17)33-26-31-13-18-10-11-35(24(18)34-26)14-19-12-20(29)6-9-23(19)30/h4-13,22H,14-16H2,1-3H3,(H,32,37)(H,31,33,34). The summed E-state index contributed by atoms with van der Waals surface area (Å²) in [5.74, 6) is -0.925. The average Bonchev–Trinajstić information content (AvgIpc) is 3.24. The second-order valence-corrected chi connectivity index (χ2v) is 10.4. The predicted octanol–water partition coefficient (Wildman–Crippen LogP) is 4.85. The van der Waals surface area contributed by atoms with Crippen LogP contribution in [0, 0.1) is 11.6 Å². The number of nitrogens with one attached hydrogen (secondary N) is 2. The fourth-order valence-corrected chi connectivity index (χ4v) is 4.15. The molecule has 11 heteroatoms. The van der Waals surface area contributed by atoms with Crippen molar-refractivity contribution in [2.24, 2.45) is 0 Å². The summed E-state index contributed by atoms with van der Waals surface area (Å²) in [5.41, 5.74) is 1.35. The van der Waals surface area contributed by atoms with Crippen molar-refractivity contribution in [1.82, 2.24) is 24.8 Å². The number of aromatic nitrogens is 3. The van der Waals surface area contributed by atoms with Crippen molar-refractivity contribution in [3.8, 4) is 0 Å². The van der Waals surface area contributed by atoms with Gasteiger partial charge in [0.25, 0.3) is 5.91 Å². The summed E-state index contributed by atoms with van der Waals surface area (Å²) in [6.07, 6.45) is 3.00. The number of halogens is 2. The van der Waals surface area contributed by atoms with Crippen LogP contribution >= 0.6 is 0 Å². The maximum absolute atomic E-state index is 14.1. The lowest BCUT2D eigenvalue weighted by molar-refractivity contribution is 0.00533. The Bertz CT molecular complexity index is 1520. The lowest BCUT2D eigenvalue weighted by atomic mass is 10.1. The molecule has 5 rings (SSSR count). The topological polar surface area (TPSA) is 101 Å². The molecule has 0 saturated carbocycles. The highest BCUT2D eigenvalue weighted by Gasteiger charge is 2.34. The van der Waals surface area contributed by atoms with Gasteiger partial charge in [-0.05, 0) is 69.3 Å². The number of hydrogen-bond donors (Lipinski definition) is 2. The van der Waals surface area contributed by atoms with E-state index in [4.69, 9.17) is 4.74 Å². The van der Waals surface area contributed by atoms with Crippen molar-refractivity contribution in [2.75, 3.05) is 18.4 Å². The van der Waals surface area contributed by atoms with Crippen LogP contribution in [0.5, 0.6) is 0 Å². The van der Waals surface area contributed by atoms with Crippen LogP contribution in [0.4, 0.5) is 25.2 Å². The second kappa shape index (κ2) is 10.3. The summed E-state index contributed by atoms with van der Waals surface area (Å²) < 4.78 is 34.8. The van der Waals surface area contributed by atoms with Crippen molar-refractivity contribution in [3.05, 3.63) is 83.7 Å². The van der Waals surface area contributed by atoms with Gasteiger partial charge in [-0.1, -0.05) is 0 Å². The number of nitrogens with zero attached hydrogens (tertiary/aromatic N) is 4. The van der Waals surface area contributed by atoms with Crippen molar-refractivity contribution >= 4 is 34.7 Å². The predicted molar refractivity (Wildman–Crippen MR) is 142 cm³/mol. The molecule has 2 aromatic heterocycles. The molecule has 9 nitrogen and oxygen atoms in total. The van der Waals surface area contributed by atoms with Gasteiger partial charge in [-0.3, -0.25) is 4.79 Å². The van der Waals surface area contributed by atoms with Gasteiger partial charge in [0.05, 0.1) is 12.6 Å². The van der Waals surface area contributed by atoms with E-state index in [9.17, 15) is 18.4 Å². The number of carbonyl (C=O) groups excluding carboxylic acids is 2. The average molecular weight is 535 g/mol. The molecule has 0 unspecified atom stereocenters. The van der Waals surface area contributed by atoms with Crippen LogP contribution in [-0.4, -0.2) is 56.2 Å². The Balaban J connectivity index is 1.19. The number of anilines is 2. The number of rotatable bonds is 6. The Morgan fingerprint density at radius 3 is 2.54 bits per heavy atom. The summed E-state index contributed by atoms with van der Waals surface area (Å²) in [7, 11) is 0. The lowest BCUT2D eigenvalue weighted by Gasteiger charge is -2.39. The van der Waals surface area contributed by atoms with Crippen LogP contribution in [0.15, 0.2) is 60.9 Å². The summed E-state index contributed by atoms with van der Waals surface area (Å²) in [6, 6.07) is 11.8. The maximum atomic E-state index is 14.1. The van der Waals surface area contributed by atoms with Crippen molar-refractivity contribution in [2.45, 2.75) is 39.0 Å². The Morgan fingerprint density at radius 1 is 1.08 bits per heavy atom. The van der Waals surface area contributed by atoms with Crippen LogP contribution in [0.25, 0.3) is 11.0 Å². The number of ether oxygens (including phenoxy) is 1. The third-order valence-electron chi connectivity index (χ3n) is 6.12. The number of fused-ring (bicyclic) bond motifs is 1. The Labute approximate surface area is 223 Å². The monoisotopic (exact) mass is 534 g/mol. The van der Waals surface area contributed by atoms with Crippen LogP contribution in [0.2, 0.25) is 0 Å². The first-order valence-electron chi connectivity index (χ1n) is 12.5. The molecule has 4 aromatic rings. The fraction of sp³-hybridized carbons (Fsp3) is 0.286. The first-order valence-corrected chi connectivity index (χ1v) is 12.5. The molecule has 1 saturated heterocycles. The largest absolute Gasteiger partial charge is 0.444 e. The van der Waals surface area contributed by atoms with Crippen molar-refractivity contribution < 1.29 is 23.1 Å². The quantitative estimate of drug-likeness (QED) is 0.367. The molecule has 202 valence electrons. The minimum atomic E-state index is -0.565. The first kappa shape index (κ1) is 26.1. The van der Waals surface area contributed by atoms with Gasteiger partial charge in [-0.15, -0.1) is 0 Å². The van der Waals surface area contributed by atoms with Gasteiger partial charge >= 0.3 is 6.09 Å². The molecule has 0 aliphatic carbocycles. The highest BCUT2D eigenvalue weighted by atomic mass is 19.1. The van der Waals surface area contributed by atoms with Gasteiger partial charge in [-0.2, -0.15) is 4.98 Å². The van der Waals surface area contributed by atoms with E-state index in [1.54, 1.807) is 52.2 Å². The van der Waals surface area contributed by atoms with E-state index in [0.717, 1.165) is 17.5 Å². The Kier molecular flexibility index (Phi) is 6.90. The minimum absolute atomic E-state index is 0.115. The first-order chi connectivity index (χ1) is 18.5. The van der Waals surface area contributed by atoms with Crippen molar-refractivity contribution in [1.29, 1.82) is 0 Å². The summed E-state index contributed by atoms with van der Waals surface area (Å²) >= 11 is 0. The molecule has 0 spiro atoms. The number of likely N-dealkylation sites (tertiary alicyclic amines) is 1. The molecular formula is C28H28F2N6O3. The van der Waals surface area contributed by atoms with Crippen LogP contribution in [-0.2, 0) is 11.3 Å². The van der Waals surface area contributed by atoms with Gasteiger partial charge < -0.3 is 24.8 Å². The molecule has 0 atom stereocenters. The van der Waals surface area contributed by atoms with E-state index in [1.807, 2.05) is 20.8 Å². The molecule has 0 radical (unpaired) electrons. The smallest absolute Gasteiger partial charge is 0.410 e. The van der Waals surface area contributed by atoms with Gasteiger partial charge in [-0.25, -0.2) is 18.6 Å². The number of benzene rings is 2. The molecule has 1 aliphatic rings. The number of carbonyl (C=O) groups is 2. The molecule has 3 heterocycles. The molecule has 1 fully saturated rings.